The molecule has 0 fully saturated rings. The van der Waals surface area contributed by atoms with Crippen LogP contribution < -0.4 is 5.43 Å². The summed E-state index contributed by atoms with van der Waals surface area (Å²) in [5.74, 6) is -1.55. The Morgan fingerprint density at radius 2 is 1.71 bits per heavy atom. The zero-order valence-electron chi connectivity index (χ0n) is 15.2. The van der Waals surface area contributed by atoms with Gasteiger partial charge in [0, 0.05) is 29.7 Å². The molecule has 0 aliphatic rings. The monoisotopic (exact) mass is 388 g/mol. The van der Waals surface area contributed by atoms with Crippen LogP contribution in [0.15, 0.2) is 39.7 Å². The van der Waals surface area contributed by atoms with Crippen LogP contribution in [0.4, 0.5) is 0 Å². The van der Waals surface area contributed by atoms with Crippen molar-refractivity contribution in [2.45, 2.75) is 32.0 Å². The molecule has 0 bridgehead atoms. The normalized spacial score (nSPS) is 13.0. The Morgan fingerprint density at radius 1 is 1.04 bits per heavy atom. The Labute approximate surface area is 159 Å². The molecular weight excluding hydrogens is 368 g/mol. The highest BCUT2D eigenvalue weighted by Gasteiger charge is 2.28. The second-order valence-corrected chi connectivity index (χ2v) is 7.15. The first kappa shape index (κ1) is 19.5. The van der Waals surface area contributed by atoms with E-state index < -0.39 is 28.6 Å². The van der Waals surface area contributed by atoms with Crippen LogP contribution in [0.3, 0.4) is 0 Å². The smallest absolute Gasteiger partial charge is 0.204 e. The molecule has 28 heavy (non-hydrogen) atoms. The standard InChI is InChI=1S/C20H20O8/c1-20(2,27)16(24)7-11-13(22)4-3-10(18(11)25)12-8-28-15-6-9(21)5-14(23)17(15)19(12)26/h3-6,8,16,21-25,27H,7H2,1-2H3/t16-/m1/s1. The lowest BCUT2D eigenvalue weighted by molar-refractivity contribution is -0.0472. The third kappa shape index (κ3) is 3.35. The number of fused-ring (bicyclic) bond motifs is 1. The molecule has 8 heteroatoms. The molecule has 1 heterocycles. The van der Waals surface area contributed by atoms with Crippen molar-refractivity contribution in [3.63, 3.8) is 0 Å². The lowest BCUT2D eigenvalue weighted by Gasteiger charge is -2.25. The first-order chi connectivity index (χ1) is 13.0. The lowest BCUT2D eigenvalue weighted by atomic mass is 9.92. The van der Waals surface area contributed by atoms with Gasteiger partial charge in [-0.15, -0.1) is 0 Å². The van der Waals surface area contributed by atoms with Gasteiger partial charge < -0.3 is 35.1 Å². The Bertz CT molecular complexity index is 1110. The van der Waals surface area contributed by atoms with E-state index >= 15 is 0 Å². The molecule has 3 aromatic rings. The van der Waals surface area contributed by atoms with Gasteiger partial charge in [-0.3, -0.25) is 4.79 Å². The highest BCUT2D eigenvalue weighted by atomic mass is 16.3. The predicted molar refractivity (Wildman–Crippen MR) is 101 cm³/mol. The number of phenolic OH excluding ortho intramolecular Hbond substituents is 4. The Kier molecular flexibility index (Phi) is 4.70. The van der Waals surface area contributed by atoms with Crippen molar-refractivity contribution in [1.82, 2.24) is 0 Å². The zero-order valence-corrected chi connectivity index (χ0v) is 15.2. The average molecular weight is 388 g/mol. The van der Waals surface area contributed by atoms with Crippen molar-refractivity contribution in [1.29, 1.82) is 0 Å². The molecule has 0 unspecified atom stereocenters. The highest BCUT2D eigenvalue weighted by molar-refractivity contribution is 5.89. The fourth-order valence-corrected chi connectivity index (χ4v) is 2.89. The maximum atomic E-state index is 12.8. The molecule has 2 aromatic carbocycles. The minimum absolute atomic E-state index is 0.0128. The van der Waals surface area contributed by atoms with Crippen molar-refractivity contribution in [2.24, 2.45) is 0 Å². The van der Waals surface area contributed by atoms with Crippen LogP contribution in [0, 0.1) is 0 Å². The Hall–Kier alpha value is -3.23. The van der Waals surface area contributed by atoms with Crippen LogP contribution in [0.25, 0.3) is 22.1 Å². The van der Waals surface area contributed by atoms with Crippen LogP contribution in [0.2, 0.25) is 0 Å². The maximum absolute atomic E-state index is 12.8. The molecule has 0 aliphatic carbocycles. The molecule has 0 saturated carbocycles. The summed E-state index contributed by atoms with van der Waals surface area (Å²) in [7, 11) is 0. The fourth-order valence-electron chi connectivity index (χ4n) is 2.89. The van der Waals surface area contributed by atoms with E-state index in [1.165, 1.54) is 32.0 Å². The van der Waals surface area contributed by atoms with Gasteiger partial charge in [0.15, 0.2) is 0 Å². The van der Waals surface area contributed by atoms with Gasteiger partial charge in [-0.2, -0.15) is 0 Å². The van der Waals surface area contributed by atoms with E-state index in [9.17, 15) is 35.4 Å². The summed E-state index contributed by atoms with van der Waals surface area (Å²) < 4.78 is 5.32. The molecule has 8 nitrogen and oxygen atoms in total. The minimum Gasteiger partial charge on any atom is -0.508 e. The summed E-state index contributed by atoms with van der Waals surface area (Å²) in [6.45, 7) is 2.76. The van der Waals surface area contributed by atoms with Gasteiger partial charge in [0.25, 0.3) is 0 Å². The largest absolute Gasteiger partial charge is 0.508 e. The predicted octanol–water partition coefficient (Wildman–Crippen LogP) is 1.96. The summed E-state index contributed by atoms with van der Waals surface area (Å²) in [5.41, 5.74) is -2.31. The fraction of sp³-hybridized carbons (Fsp3) is 0.250. The zero-order chi connectivity index (χ0) is 20.8. The van der Waals surface area contributed by atoms with Crippen molar-refractivity contribution in [3.05, 3.63) is 46.3 Å². The van der Waals surface area contributed by atoms with Crippen molar-refractivity contribution in [2.75, 3.05) is 0 Å². The van der Waals surface area contributed by atoms with Gasteiger partial charge in [0.2, 0.25) is 5.43 Å². The van der Waals surface area contributed by atoms with Crippen LogP contribution in [0.1, 0.15) is 19.4 Å². The maximum Gasteiger partial charge on any atom is 0.204 e. The summed E-state index contributed by atoms with van der Waals surface area (Å²) in [6.07, 6.45) is -0.501. The molecule has 0 radical (unpaired) electrons. The number of rotatable bonds is 4. The van der Waals surface area contributed by atoms with Crippen molar-refractivity contribution in [3.8, 4) is 34.1 Å². The molecular formula is C20H20O8. The van der Waals surface area contributed by atoms with Gasteiger partial charge in [-0.25, -0.2) is 0 Å². The summed E-state index contributed by atoms with van der Waals surface area (Å²) >= 11 is 0. The number of aliphatic hydroxyl groups is 2. The van der Waals surface area contributed by atoms with Crippen LogP contribution in [-0.4, -0.2) is 42.3 Å². The van der Waals surface area contributed by atoms with E-state index in [4.69, 9.17) is 4.42 Å². The molecule has 0 amide bonds. The molecule has 0 spiro atoms. The van der Waals surface area contributed by atoms with Gasteiger partial charge >= 0.3 is 0 Å². The number of hydrogen-bond donors (Lipinski definition) is 6. The van der Waals surface area contributed by atoms with E-state index in [1.54, 1.807) is 0 Å². The summed E-state index contributed by atoms with van der Waals surface area (Å²) in [4.78, 5) is 12.8. The first-order valence-electron chi connectivity index (χ1n) is 8.42. The quantitative estimate of drug-likeness (QED) is 0.397. The summed E-state index contributed by atoms with van der Waals surface area (Å²) in [5, 5.41) is 60.0. The number of hydrogen-bond acceptors (Lipinski definition) is 8. The molecule has 1 atom stereocenters. The van der Waals surface area contributed by atoms with E-state index in [0.29, 0.717) is 0 Å². The van der Waals surface area contributed by atoms with Crippen LogP contribution in [0.5, 0.6) is 23.0 Å². The SMILES string of the molecule is CC(C)(O)[C@H](O)Cc1c(O)ccc(-c2coc3cc(O)cc(O)c3c2=O)c1O. The number of phenols is 4. The Balaban J connectivity index is 2.19. The second-order valence-electron chi connectivity index (χ2n) is 7.15. The number of benzene rings is 2. The third-order valence-corrected chi connectivity index (χ3v) is 4.60. The average Bonchev–Trinajstić information content (AvgIpc) is 2.58. The van der Waals surface area contributed by atoms with E-state index in [1.807, 2.05) is 0 Å². The lowest BCUT2D eigenvalue weighted by Crippen LogP contribution is -2.37. The molecule has 148 valence electrons. The first-order valence-corrected chi connectivity index (χ1v) is 8.42. The molecule has 0 aliphatic heterocycles. The van der Waals surface area contributed by atoms with E-state index in [0.717, 1.165) is 12.3 Å². The molecule has 0 saturated heterocycles. The van der Waals surface area contributed by atoms with Crippen LogP contribution in [-0.2, 0) is 6.42 Å². The number of aliphatic hydroxyl groups excluding tert-OH is 1. The minimum atomic E-state index is -1.48. The number of aromatic hydroxyl groups is 4. The van der Waals surface area contributed by atoms with Gasteiger partial charge in [-0.1, -0.05) is 0 Å². The molecule has 6 N–H and O–H groups in total. The van der Waals surface area contributed by atoms with Gasteiger partial charge in [-0.05, 0) is 26.0 Å². The highest BCUT2D eigenvalue weighted by Crippen LogP contribution is 2.38. The van der Waals surface area contributed by atoms with E-state index in [2.05, 4.69) is 0 Å². The van der Waals surface area contributed by atoms with Gasteiger partial charge in [0.05, 0.1) is 17.3 Å². The van der Waals surface area contributed by atoms with Gasteiger partial charge in [0.1, 0.15) is 40.2 Å². The van der Waals surface area contributed by atoms with Crippen molar-refractivity contribution < 1.29 is 35.1 Å². The third-order valence-electron chi connectivity index (χ3n) is 4.60. The molecule has 1 aromatic heterocycles. The van der Waals surface area contributed by atoms with Crippen LogP contribution >= 0.6 is 0 Å². The second kappa shape index (κ2) is 6.74. The Morgan fingerprint density at radius 3 is 2.36 bits per heavy atom. The van der Waals surface area contributed by atoms with Crippen molar-refractivity contribution >= 4 is 11.0 Å². The summed E-state index contributed by atoms with van der Waals surface area (Å²) in [6, 6.07) is 4.69. The topological polar surface area (TPSA) is 152 Å². The van der Waals surface area contributed by atoms with E-state index in [-0.39, 0.29) is 45.6 Å². The molecule has 3 rings (SSSR count).